The number of benzene rings is 2. The number of piperazine rings is 1. The summed E-state index contributed by atoms with van der Waals surface area (Å²) in [5.74, 6) is 0.902. The van der Waals surface area contributed by atoms with Gasteiger partial charge in [-0.2, -0.15) is 0 Å². The van der Waals surface area contributed by atoms with Crippen LogP contribution in [0.15, 0.2) is 48.5 Å². The third-order valence-electron chi connectivity index (χ3n) is 5.39. The van der Waals surface area contributed by atoms with Gasteiger partial charge in [-0.15, -0.1) is 0 Å². The first kappa shape index (κ1) is 18.1. The van der Waals surface area contributed by atoms with Crippen LogP contribution in [0.1, 0.15) is 6.92 Å². The molecule has 0 saturated carbocycles. The van der Waals surface area contributed by atoms with E-state index < -0.39 is 0 Å². The standard InChI is InChI=1S/C21H26N4OS/c1-3-24-19-6-4-5-7-20(19)25(21(24)27)16-22-12-14-23(15-13-22)17-8-10-18(26-2)11-9-17/h4-11H,3,12-16H2,1-2H3. The minimum atomic E-state index is 0.850. The minimum absolute atomic E-state index is 0.850. The number of para-hydroxylation sites is 2. The van der Waals surface area contributed by atoms with Gasteiger partial charge in [0.2, 0.25) is 0 Å². The fraction of sp³-hybridized carbons (Fsp3) is 0.381. The zero-order valence-electron chi connectivity index (χ0n) is 16.0. The number of ether oxygens (including phenoxy) is 1. The number of hydrogen-bond acceptors (Lipinski definition) is 4. The van der Waals surface area contributed by atoms with Crippen LogP contribution in [0.25, 0.3) is 11.0 Å². The van der Waals surface area contributed by atoms with Gasteiger partial charge < -0.3 is 18.8 Å². The Morgan fingerprint density at radius 2 is 1.52 bits per heavy atom. The van der Waals surface area contributed by atoms with Gasteiger partial charge in [0.05, 0.1) is 24.8 Å². The number of aryl methyl sites for hydroxylation is 1. The summed E-state index contributed by atoms with van der Waals surface area (Å²) in [5.41, 5.74) is 3.71. The molecule has 5 nitrogen and oxygen atoms in total. The summed E-state index contributed by atoms with van der Waals surface area (Å²) in [5, 5.41) is 0. The predicted octanol–water partition coefficient (Wildman–Crippen LogP) is 3.98. The molecule has 1 aliphatic heterocycles. The molecular weight excluding hydrogens is 356 g/mol. The quantitative estimate of drug-likeness (QED) is 0.624. The molecule has 1 aromatic heterocycles. The summed E-state index contributed by atoms with van der Waals surface area (Å²) >= 11 is 5.76. The molecule has 1 fully saturated rings. The smallest absolute Gasteiger partial charge is 0.181 e. The van der Waals surface area contributed by atoms with E-state index in [4.69, 9.17) is 17.0 Å². The second kappa shape index (κ2) is 7.74. The Morgan fingerprint density at radius 1 is 0.889 bits per heavy atom. The maximum absolute atomic E-state index is 5.76. The summed E-state index contributed by atoms with van der Waals surface area (Å²) in [6.07, 6.45) is 0. The normalized spacial score (nSPS) is 15.4. The number of methoxy groups -OCH3 is 1. The number of imidazole rings is 1. The van der Waals surface area contributed by atoms with Gasteiger partial charge in [0.15, 0.2) is 4.77 Å². The number of nitrogens with zero attached hydrogens (tertiary/aromatic N) is 4. The Kier molecular flexibility index (Phi) is 5.18. The van der Waals surface area contributed by atoms with Crippen LogP contribution in [0.4, 0.5) is 5.69 Å². The Hall–Kier alpha value is -2.31. The molecular formula is C21H26N4OS. The van der Waals surface area contributed by atoms with Crippen LogP contribution in [0, 0.1) is 4.77 Å². The molecule has 0 amide bonds. The second-order valence-electron chi connectivity index (χ2n) is 6.89. The van der Waals surface area contributed by atoms with Crippen molar-refractivity contribution in [2.45, 2.75) is 20.1 Å². The fourth-order valence-electron chi connectivity index (χ4n) is 3.86. The first-order valence-electron chi connectivity index (χ1n) is 9.50. The van der Waals surface area contributed by atoms with Crippen LogP contribution in [-0.4, -0.2) is 47.3 Å². The van der Waals surface area contributed by atoms with E-state index >= 15 is 0 Å². The third kappa shape index (κ3) is 3.47. The van der Waals surface area contributed by atoms with Gasteiger partial charge in [-0.05, 0) is 55.5 Å². The van der Waals surface area contributed by atoms with E-state index in [9.17, 15) is 0 Å². The number of rotatable bonds is 5. The average Bonchev–Trinajstić information content (AvgIpc) is 2.99. The van der Waals surface area contributed by atoms with Gasteiger partial charge in [0.1, 0.15) is 5.75 Å². The van der Waals surface area contributed by atoms with Crippen LogP contribution in [0.3, 0.4) is 0 Å². The van der Waals surface area contributed by atoms with Crippen molar-refractivity contribution < 1.29 is 4.74 Å². The monoisotopic (exact) mass is 382 g/mol. The second-order valence-corrected chi connectivity index (χ2v) is 7.25. The SMILES string of the molecule is CCn1c(=S)n(CN2CCN(c3ccc(OC)cc3)CC2)c2ccccc21. The van der Waals surface area contributed by atoms with Crippen LogP contribution in [-0.2, 0) is 13.2 Å². The molecule has 0 radical (unpaired) electrons. The number of fused-ring (bicyclic) bond motifs is 1. The highest BCUT2D eigenvalue weighted by Gasteiger charge is 2.19. The summed E-state index contributed by atoms with van der Waals surface area (Å²) in [4.78, 5) is 4.92. The van der Waals surface area contributed by atoms with Gasteiger partial charge in [0.25, 0.3) is 0 Å². The lowest BCUT2D eigenvalue weighted by Gasteiger charge is -2.36. The molecule has 3 aromatic rings. The van der Waals surface area contributed by atoms with E-state index in [1.165, 1.54) is 16.7 Å². The van der Waals surface area contributed by atoms with Crippen LogP contribution < -0.4 is 9.64 Å². The average molecular weight is 383 g/mol. The van der Waals surface area contributed by atoms with Crippen molar-refractivity contribution in [3.63, 3.8) is 0 Å². The molecule has 0 atom stereocenters. The Labute approximate surface area is 165 Å². The van der Waals surface area contributed by atoms with Gasteiger partial charge in [-0.3, -0.25) is 4.90 Å². The summed E-state index contributed by atoms with van der Waals surface area (Å²) in [6.45, 7) is 8.00. The summed E-state index contributed by atoms with van der Waals surface area (Å²) < 4.78 is 10.7. The zero-order chi connectivity index (χ0) is 18.8. The molecule has 0 spiro atoms. The largest absolute Gasteiger partial charge is 0.497 e. The third-order valence-corrected chi connectivity index (χ3v) is 5.83. The topological polar surface area (TPSA) is 25.6 Å². The van der Waals surface area contributed by atoms with Gasteiger partial charge >= 0.3 is 0 Å². The van der Waals surface area contributed by atoms with Gasteiger partial charge in [-0.1, -0.05) is 12.1 Å². The molecule has 142 valence electrons. The van der Waals surface area contributed by atoms with E-state index in [1.54, 1.807) is 7.11 Å². The lowest BCUT2D eigenvalue weighted by molar-refractivity contribution is 0.207. The molecule has 0 aliphatic carbocycles. The van der Waals surface area contributed by atoms with Crippen LogP contribution in [0.2, 0.25) is 0 Å². The molecule has 0 unspecified atom stereocenters. The van der Waals surface area contributed by atoms with Crippen molar-refractivity contribution in [2.24, 2.45) is 0 Å². The fourth-order valence-corrected chi connectivity index (χ4v) is 4.24. The van der Waals surface area contributed by atoms with Crippen molar-refractivity contribution in [3.8, 4) is 5.75 Å². The first-order valence-corrected chi connectivity index (χ1v) is 9.91. The highest BCUT2D eigenvalue weighted by molar-refractivity contribution is 7.71. The first-order chi connectivity index (χ1) is 13.2. The molecule has 6 heteroatoms. The molecule has 1 saturated heterocycles. The summed E-state index contributed by atoms with van der Waals surface area (Å²) in [6, 6.07) is 16.8. The van der Waals surface area contributed by atoms with Crippen molar-refractivity contribution in [1.82, 2.24) is 14.0 Å². The Morgan fingerprint density at radius 3 is 2.11 bits per heavy atom. The molecule has 4 rings (SSSR count). The Bertz CT molecular complexity index is 968. The highest BCUT2D eigenvalue weighted by Crippen LogP contribution is 2.22. The summed E-state index contributed by atoms with van der Waals surface area (Å²) in [7, 11) is 1.70. The predicted molar refractivity (Wildman–Crippen MR) is 113 cm³/mol. The van der Waals surface area contributed by atoms with Crippen molar-refractivity contribution in [1.29, 1.82) is 0 Å². The van der Waals surface area contributed by atoms with E-state index in [-0.39, 0.29) is 0 Å². The molecule has 0 N–H and O–H groups in total. The Balaban J connectivity index is 1.47. The van der Waals surface area contributed by atoms with E-state index in [0.717, 1.165) is 49.9 Å². The number of anilines is 1. The van der Waals surface area contributed by atoms with Crippen molar-refractivity contribution >= 4 is 28.9 Å². The van der Waals surface area contributed by atoms with Gasteiger partial charge in [0, 0.05) is 38.4 Å². The maximum Gasteiger partial charge on any atom is 0.181 e. The highest BCUT2D eigenvalue weighted by atomic mass is 32.1. The zero-order valence-corrected chi connectivity index (χ0v) is 16.8. The lowest BCUT2D eigenvalue weighted by atomic mass is 10.2. The molecule has 2 heterocycles. The minimum Gasteiger partial charge on any atom is -0.497 e. The number of aromatic nitrogens is 2. The van der Waals surface area contributed by atoms with Crippen molar-refractivity contribution in [3.05, 3.63) is 53.3 Å². The maximum atomic E-state index is 5.76. The molecule has 2 aromatic carbocycles. The molecule has 1 aliphatic rings. The van der Waals surface area contributed by atoms with E-state index in [1.807, 2.05) is 12.1 Å². The van der Waals surface area contributed by atoms with E-state index in [2.05, 4.69) is 62.3 Å². The lowest BCUT2D eigenvalue weighted by Crippen LogP contribution is -2.46. The van der Waals surface area contributed by atoms with Crippen LogP contribution in [0.5, 0.6) is 5.75 Å². The van der Waals surface area contributed by atoms with Crippen LogP contribution >= 0.6 is 12.2 Å². The molecule has 27 heavy (non-hydrogen) atoms. The van der Waals surface area contributed by atoms with Crippen molar-refractivity contribution in [2.75, 3.05) is 38.2 Å². The van der Waals surface area contributed by atoms with E-state index in [0.29, 0.717) is 0 Å². The van der Waals surface area contributed by atoms with Gasteiger partial charge in [-0.25, -0.2) is 0 Å². The molecule has 0 bridgehead atoms. The number of hydrogen-bond donors (Lipinski definition) is 0.